The van der Waals surface area contributed by atoms with Gasteiger partial charge in [-0.2, -0.15) is 5.26 Å². The zero-order valence-electron chi connectivity index (χ0n) is 31.2. The lowest BCUT2D eigenvalue weighted by atomic mass is 9.67. The van der Waals surface area contributed by atoms with Crippen LogP contribution in [0.25, 0.3) is 89.5 Å². The van der Waals surface area contributed by atoms with Crippen molar-refractivity contribution in [1.29, 1.82) is 5.26 Å². The maximum absolute atomic E-state index is 9.72. The molecule has 9 aromatic rings. The predicted octanol–water partition coefficient (Wildman–Crippen LogP) is 13.2. The van der Waals surface area contributed by atoms with E-state index < -0.39 is 0 Å². The predicted molar refractivity (Wildman–Crippen MR) is 228 cm³/mol. The van der Waals surface area contributed by atoms with Gasteiger partial charge >= 0.3 is 0 Å². The monoisotopic (exact) mass is 732 g/mol. The molecule has 270 valence electrons. The molecule has 57 heavy (non-hydrogen) atoms. The molecular weight excluding hydrogens is 697 g/mol. The fraction of sp³-hybridized carbons (Fsp3) is 0.115. The SMILES string of the molecule is N#Cc1ccc2c(c1)C1(CCCCC1)c1cc(-c3ccc(-c4ccc(-c5nc(-c6ccccc6)nc(-c6cccc7c6oc6ccccc67)n5)cc4)cc3)ccc1-2. The highest BCUT2D eigenvalue weighted by Gasteiger charge is 2.44. The van der Waals surface area contributed by atoms with Crippen molar-refractivity contribution in [2.75, 3.05) is 0 Å². The molecule has 0 atom stereocenters. The molecule has 0 amide bonds. The van der Waals surface area contributed by atoms with Gasteiger partial charge in [0.05, 0.1) is 17.2 Å². The lowest BCUT2D eigenvalue weighted by Crippen LogP contribution is -2.28. The van der Waals surface area contributed by atoms with Crippen molar-refractivity contribution >= 4 is 21.9 Å². The minimum Gasteiger partial charge on any atom is -0.455 e. The molecule has 0 bridgehead atoms. The summed E-state index contributed by atoms with van der Waals surface area (Å²) in [5.41, 5.74) is 15.1. The first-order valence-corrected chi connectivity index (χ1v) is 19.8. The van der Waals surface area contributed by atoms with Gasteiger partial charge in [0.2, 0.25) is 0 Å². The summed E-state index contributed by atoms with van der Waals surface area (Å²) in [5.74, 6) is 1.78. The second-order valence-corrected chi connectivity index (χ2v) is 15.4. The molecule has 11 rings (SSSR count). The van der Waals surface area contributed by atoms with Crippen molar-refractivity contribution in [2.24, 2.45) is 0 Å². The van der Waals surface area contributed by atoms with E-state index >= 15 is 0 Å². The number of rotatable bonds is 5. The lowest BCUT2D eigenvalue weighted by molar-refractivity contribution is 0.353. The number of fused-ring (bicyclic) bond motifs is 8. The lowest BCUT2D eigenvalue weighted by Gasteiger charge is -2.36. The number of para-hydroxylation sites is 2. The second-order valence-electron chi connectivity index (χ2n) is 15.4. The third kappa shape index (κ3) is 5.48. The van der Waals surface area contributed by atoms with Gasteiger partial charge in [-0.05, 0) is 87.7 Å². The van der Waals surface area contributed by atoms with Crippen LogP contribution in [-0.2, 0) is 5.41 Å². The van der Waals surface area contributed by atoms with Crippen molar-refractivity contribution in [3.8, 4) is 73.6 Å². The van der Waals surface area contributed by atoms with Crippen molar-refractivity contribution in [2.45, 2.75) is 37.5 Å². The van der Waals surface area contributed by atoms with E-state index in [1.165, 1.54) is 52.6 Å². The fourth-order valence-corrected chi connectivity index (χ4v) is 9.37. The van der Waals surface area contributed by atoms with E-state index in [0.29, 0.717) is 17.5 Å². The van der Waals surface area contributed by atoms with Crippen molar-refractivity contribution in [3.63, 3.8) is 0 Å². The number of furan rings is 1. The third-order valence-corrected chi connectivity index (χ3v) is 12.2. The third-order valence-electron chi connectivity index (χ3n) is 12.2. The molecular formula is C52H36N4O. The summed E-state index contributed by atoms with van der Waals surface area (Å²) in [6.45, 7) is 0. The average Bonchev–Trinajstić information content (AvgIpc) is 3.79. The fourth-order valence-electron chi connectivity index (χ4n) is 9.37. The van der Waals surface area contributed by atoms with Crippen LogP contribution < -0.4 is 0 Å². The summed E-state index contributed by atoms with van der Waals surface area (Å²) in [7, 11) is 0. The first-order chi connectivity index (χ1) is 28.1. The molecule has 0 N–H and O–H groups in total. The smallest absolute Gasteiger partial charge is 0.167 e. The van der Waals surface area contributed by atoms with Crippen molar-refractivity contribution in [1.82, 2.24) is 15.0 Å². The van der Waals surface area contributed by atoms with E-state index in [1.807, 2.05) is 66.7 Å². The number of aromatic nitrogens is 3. The summed E-state index contributed by atoms with van der Waals surface area (Å²) in [6.07, 6.45) is 5.98. The summed E-state index contributed by atoms with van der Waals surface area (Å²) < 4.78 is 6.39. The average molecular weight is 733 g/mol. The van der Waals surface area contributed by atoms with Crippen LogP contribution in [0, 0.1) is 11.3 Å². The van der Waals surface area contributed by atoms with E-state index in [-0.39, 0.29) is 5.41 Å². The van der Waals surface area contributed by atoms with Gasteiger partial charge in [-0.15, -0.1) is 0 Å². The van der Waals surface area contributed by atoms with Crippen LogP contribution in [0.4, 0.5) is 0 Å². The van der Waals surface area contributed by atoms with Crippen LogP contribution in [-0.4, -0.2) is 15.0 Å². The van der Waals surface area contributed by atoms with Crippen LogP contribution >= 0.6 is 0 Å². The van der Waals surface area contributed by atoms with Gasteiger partial charge in [0.25, 0.3) is 0 Å². The minimum atomic E-state index is -0.00458. The van der Waals surface area contributed by atoms with Gasteiger partial charge in [-0.25, -0.2) is 15.0 Å². The largest absolute Gasteiger partial charge is 0.455 e. The first kappa shape index (κ1) is 33.2. The maximum atomic E-state index is 9.72. The highest BCUT2D eigenvalue weighted by Crippen LogP contribution is 2.56. The van der Waals surface area contributed by atoms with E-state index in [9.17, 15) is 5.26 Å². The Kier molecular flexibility index (Phi) is 7.72. The number of nitrogens with zero attached hydrogens (tertiary/aromatic N) is 4. The molecule has 2 aliphatic rings. The zero-order valence-corrected chi connectivity index (χ0v) is 31.2. The Morgan fingerprint density at radius 2 is 1.02 bits per heavy atom. The molecule has 2 aromatic heterocycles. The van der Waals surface area contributed by atoms with Crippen LogP contribution in [0.1, 0.15) is 48.8 Å². The zero-order chi connectivity index (χ0) is 37.9. The molecule has 1 saturated carbocycles. The number of benzene rings is 7. The topological polar surface area (TPSA) is 75.6 Å². The molecule has 0 radical (unpaired) electrons. The minimum absolute atomic E-state index is 0.00458. The van der Waals surface area contributed by atoms with E-state index in [0.717, 1.165) is 68.2 Å². The molecule has 2 heterocycles. The Labute approximate surface area is 331 Å². The van der Waals surface area contributed by atoms with E-state index in [1.54, 1.807) is 0 Å². The van der Waals surface area contributed by atoms with Crippen molar-refractivity contribution in [3.05, 3.63) is 174 Å². The molecule has 0 saturated heterocycles. The second kappa shape index (κ2) is 13.3. The van der Waals surface area contributed by atoms with Gasteiger partial charge in [-0.3, -0.25) is 0 Å². The van der Waals surface area contributed by atoms with Gasteiger partial charge in [0, 0.05) is 27.3 Å². The first-order valence-electron chi connectivity index (χ1n) is 19.8. The maximum Gasteiger partial charge on any atom is 0.167 e. The number of hydrogen-bond acceptors (Lipinski definition) is 5. The summed E-state index contributed by atoms with van der Waals surface area (Å²) in [6, 6.07) is 57.3. The molecule has 5 nitrogen and oxygen atoms in total. The van der Waals surface area contributed by atoms with Crippen LogP contribution in [0.2, 0.25) is 0 Å². The number of hydrogen-bond donors (Lipinski definition) is 0. The standard InChI is InChI=1S/C52H36N4O/c53-32-33-16-26-40-41-27-25-39(31-46(41)52(45(40)30-33)28-7-2-8-29-52)36-19-17-34(18-20-36)35-21-23-38(24-22-35)50-54-49(37-10-3-1-4-11-37)55-51(56-50)44-14-9-13-43-42-12-5-6-15-47(42)57-48(43)44/h1,3-6,9-27,30-31H,2,7-8,28-29H2. The quantitative estimate of drug-likeness (QED) is 0.176. The summed E-state index contributed by atoms with van der Waals surface area (Å²) in [4.78, 5) is 15.0. The van der Waals surface area contributed by atoms with Gasteiger partial charge in [-0.1, -0.05) is 147 Å². The molecule has 0 unspecified atom stereocenters. The Morgan fingerprint density at radius 1 is 0.456 bits per heavy atom. The highest BCUT2D eigenvalue weighted by atomic mass is 16.3. The van der Waals surface area contributed by atoms with E-state index in [4.69, 9.17) is 19.4 Å². The molecule has 2 aliphatic carbocycles. The Hall–Kier alpha value is -7.16. The van der Waals surface area contributed by atoms with Gasteiger partial charge < -0.3 is 4.42 Å². The normalized spacial score (nSPS) is 14.1. The van der Waals surface area contributed by atoms with Crippen molar-refractivity contribution < 1.29 is 4.42 Å². The molecule has 0 aliphatic heterocycles. The Balaban J connectivity index is 0.923. The summed E-state index contributed by atoms with van der Waals surface area (Å²) in [5, 5.41) is 11.8. The highest BCUT2D eigenvalue weighted by molar-refractivity contribution is 6.09. The van der Waals surface area contributed by atoms with Gasteiger partial charge in [0.15, 0.2) is 17.5 Å². The van der Waals surface area contributed by atoms with E-state index in [2.05, 4.69) is 97.1 Å². The molecule has 1 fully saturated rings. The molecule has 7 aromatic carbocycles. The van der Waals surface area contributed by atoms with Crippen LogP contribution in [0.5, 0.6) is 0 Å². The Bertz CT molecular complexity index is 3040. The van der Waals surface area contributed by atoms with Crippen LogP contribution in [0.15, 0.2) is 162 Å². The van der Waals surface area contributed by atoms with Gasteiger partial charge in [0.1, 0.15) is 11.2 Å². The summed E-state index contributed by atoms with van der Waals surface area (Å²) >= 11 is 0. The molecule has 5 heteroatoms. The molecule has 1 spiro atoms. The Morgan fingerprint density at radius 3 is 1.74 bits per heavy atom. The number of nitriles is 1. The van der Waals surface area contributed by atoms with Crippen LogP contribution in [0.3, 0.4) is 0 Å².